The number of halogens is 2. The van der Waals surface area contributed by atoms with Crippen molar-refractivity contribution in [3.8, 4) is 0 Å². The molecule has 0 amide bonds. The maximum Gasteiger partial charge on any atom is 0.359 e. The number of H-pyrrole nitrogens is 1. The molecular formula is C10H8Cl2N2O2. The second kappa shape index (κ2) is 4.31. The minimum Gasteiger partial charge on any atom is -0.461 e. The number of hydrogen-bond donors (Lipinski definition) is 1. The first kappa shape index (κ1) is 11.2. The van der Waals surface area contributed by atoms with Crippen LogP contribution in [0, 0.1) is 0 Å². The largest absolute Gasteiger partial charge is 0.461 e. The fourth-order valence-electron chi connectivity index (χ4n) is 1.42. The van der Waals surface area contributed by atoms with Crippen molar-refractivity contribution >= 4 is 40.1 Å². The summed E-state index contributed by atoms with van der Waals surface area (Å²) < 4.78 is 4.87. The van der Waals surface area contributed by atoms with E-state index in [1.165, 1.54) is 0 Å². The van der Waals surface area contributed by atoms with E-state index < -0.39 is 5.97 Å². The molecule has 4 nitrogen and oxygen atoms in total. The van der Waals surface area contributed by atoms with Gasteiger partial charge in [-0.05, 0) is 19.1 Å². The van der Waals surface area contributed by atoms with Gasteiger partial charge >= 0.3 is 5.97 Å². The molecule has 0 fully saturated rings. The van der Waals surface area contributed by atoms with Crippen LogP contribution in [0.1, 0.15) is 17.4 Å². The third-order valence-corrected chi connectivity index (χ3v) is 2.57. The Bertz CT molecular complexity index is 551. The zero-order chi connectivity index (χ0) is 11.7. The maximum absolute atomic E-state index is 11.6. The van der Waals surface area contributed by atoms with Crippen LogP contribution in [-0.2, 0) is 4.74 Å². The number of fused-ring (bicyclic) bond motifs is 1. The molecule has 0 aliphatic heterocycles. The topological polar surface area (TPSA) is 55.0 Å². The number of nitrogens with one attached hydrogen (secondary N) is 1. The van der Waals surface area contributed by atoms with Crippen molar-refractivity contribution in [2.24, 2.45) is 0 Å². The van der Waals surface area contributed by atoms with Gasteiger partial charge in [-0.2, -0.15) is 5.10 Å². The summed E-state index contributed by atoms with van der Waals surface area (Å²) in [5.74, 6) is -0.502. The number of aromatic amines is 1. The lowest BCUT2D eigenvalue weighted by Crippen LogP contribution is -2.05. The SMILES string of the molecule is CCOC(=O)c1n[nH]c2cc(Cl)cc(Cl)c12. The molecule has 0 aliphatic carbocycles. The van der Waals surface area contributed by atoms with Crippen LogP contribution in [0.2, 0.25) is 10.0 Å². The van der Waals surface area contributed by atoms with Crippen molar-refractivity contribution in [3.05, 3.63) is 27.9 Å². The lowest BCUT2D eigenvalue weighted by Gasteiger charge is -1.99. The number of esters is 1. The molecule has 1 aromatic carbocycles. The molecule has 0 aliphatic rings. The molecule has 1 heterocycles. The van der Waals surface area contributed by atoms with E-state index in [1.54, 1.807) is 19.1 Å². The van der Waals surface area contributed by atoms with Crippen LogP contribution in [0.5, 0.6) is 0 Å². The average molecular weight is 259 g/mol. The summed E-state index contributed by atoms with van der Waals surface area (Å²) in [4.78, 5) is 11.6. The molecule has 0 atom stereocenters. The number of rotatable bonds is 2. The number of nitrogens with zero attached hydrogens (tertiary/aromatic N) is 1. The number of hydrogen-bond acceptors (Lipinski definition) is 3. The lowest BCUT2D eigenvalue weighted by molar-refractivity contribution is 0.0521. The van der Waals surface area contributed by atoms with Gasteiger partial charge in [0, 0.05) is 5.02 Å². The van der Waals surface area contributed by atoms with Gasteiger partial charge in [0.25, 0.3) is 0 Å². The van der Waals surface area contributed by atoms with Crippen molar-refractivity contribution in [1.82, 2.24) is 10.2 Å². The summed E-state index contributed by atoms with van der Waals surface area (Å²) in [6.45, 7) is 2.02. The predicted octanol–water partition coefficient (Wildman–Crippen LogP) is 3.05. The third-order valence-electron chi connectivity index (χ3n) is 2.05. The van der Waals surface area contributed by atoms with E-state index >= 15 is 0 Å². The van der Waals surface area contributed by atoms with E-state index in [2.05, 4.69) is 10.2 Å². The molecule has 1 N–H and O–H groups in total. The number of benzene rings is 1. The summed E-state index contributed by atoms with van der Waals surface area (Å²) in [6, 6.07) is 3.21. The van der Waals surface area contributed by atoms with Gasteiger partial charge in [-0.15, -0.1) is 0 Å². The molecule has 6 heteroatoms. The van der Waals surface area contributed by atoms with Gasteiger partial charge in [0.05, 0.1) is 22.5 Å². The van der Waals surface area contributed by atoms with E-state index in [1.807, 2.05) is 0 Å². The van der Waals surface area contributed by atoms with Gasteiger partial charge in [-0.25, -0.2) is 4.79 Å². The standard InChI is InChI=1S/C10H8Cl2N2O2/c1-2-16-10(15)9-8-6(12)3-5(11)4-7(8)13-14-9/h3-4H,2H2,1H3,(H,13,14). The fraction of sp³-hybridized carbons (Fsp3) is 0.200. The summed E-state index contributed by atoms with van der Waals surface area (Å²) in [6.07, 6.45) is 0. The first-order chi connectivity index (χ1) is 7.63. The third kappa shape index (κ3) is 1.86. The Hall–Kier alpha value is -1.26. The molecule has 2 aromatic rings. The Morgan fingerprint density at radius 1 is 1.50 bits per heavy atom. The normalized spacial score (nSPS) is 10.7. The Morgan fingerprint density at radius 3 is 2.94 bits per heavy atom. The predicted molar refractivity (Wildman–Crippen MR) is 62.1 cm³/mol. The van der Waals surface area contributed by atoms with E-state index in [0.29, 0.717) is 27.6 Å². The molecule has 0 spiro atoms. The van der Waals surface area contributed by atoms with Gasteiger partial charge in [-0.3, -0.25) is 5.10 Å². The molecular weight excluding hydrogens is 251 g/mol. The molecule has 84 valence electrons. The Kier molecular flexibility index (Phi) is 3.03. The van der Waals surface area contributed by atoms with Crippen molar-refractivity contribution in [2.45, 2.75) is 6.92 Å². The zero-order valence-corrected chi connectivity index (χ0v) is 9.89. The second-order valence-corrected chi connectivity index (χ2v) is 3.95. The number of carbonyl (C=O) groups excluding carboxylic acids is 1. The molecule has 0 saturated heterocycles. The highest BCUT2D eigenvalue weighted by atomic mass is 35.5. The molecule has 0 bridgehead atoms. The first-order valence-electron chi connectivity index (χ1n) is 4.63. The van der Waals surface area contributed by atoms with Crippen molar-refractivity contribution in [1.29, 1.82) is 0 Å². The van der Waals surface area contributed by atoms with Gasteiger partial charge in [0.15, 0.2) is 5.69 Å². The van der Waals surface area contributed by atoms with Crippen LogP contribution in [0.3, 0.4) is 0 Å². The van der Waals surface area contributed by atoms with Crippen LogP contribution in [0.25, 0.3) is 10.9 Å². The summed E-state index contributed by atoms with van der Waals surface area (Å²) in [5, 5.41) is 7.95. The fourth-order valence-corrected chi connectivity index (χ4v) is 2.00. The molecule has 1 aromatic heterocycles. The number of carbonyl (C=O) groups is 1. The van der Waals surface area contributed by atoms with Crippen molar-refractivity contribution < 1.29 is 9.53 Å². The van der Waals surface area contributed by atoms with E-state index in [0.717, 1.165) is 0 Å². The summed E-state index contributed by atoms with van der Waals surface area (Å²) >= 11 is 11.8. The molecule has 0 radical (unpaired) electrons. The van der Waals surface area contributed by atoms with Gasteiger partial charge in [0.2, 0.25) is 0 Å². The lowest BCUT2D eigenvalue weighted by atomic mass is 10.2. The van der Waals surface area contributed by atoms with E-state index in [9.17, 15) is 4.79 Å². The second-order valence-electron chi connectivity index (χ2n) is 3.10. The van der Waals surface area contributed by atoms with Gasteiger partial charge < -0.3 is 4.74 Å². The minimum absolute atomic E-state index is 0.179. The van der Waals surface area contributed by atoms with Crippen LogP contribution in [0.4, 0.5) is 0 Å². The first-order valence-corrected chi connectivity index (χ1v) is 5.39. The Morgan fingerprint density at radius 2 is 2.25 bits per heavy atom. The van der Waals surface area contributed by atoms with E-state index in [-0.39, 0.29) is 5.69 Å². The quantitative estimate of drug-likeness (QED) is 0.843. The van der Waals surface area contributed by atoms with Crippen LogP contribution < -0.4 is 0 Å². The summed E-state index contributed by atoms with van der Waals surface area (Å²) in [7, 11) is 0. The number of aromatic nitrogens is 2. The maximum atomic E-state index is 11.6. The molecule has 0 saturated carbocycles. The van der Waals surface area contributed by atoms with Crippen LogP contribution in [0.15, 0.2) is 12.1 Å². The molecule has 0 unspecified atom stereocenters. The van der Waals surface area contributed by atoms with Crippen molar-refractivity contribution in [2.75, 3.05) is 6.61 Å². The molecule has 16 heavy (non-hydrogen) atoms. The van der Waals surface area contributed by atoms with Gasteiger partial charge in [-0.1, -0.05) is 23.2 Å². The number of ether oxygens (including phenoxy) is 1. The molecule has 2 rings (SSSR count). The van der Waals surface area contributed by atoms with Crippen LogP contribution in [-0.4, -0.2) is 22.8 Å². The highest BCUT2D eigenvalue weighted by Crippen LogP contribution is 2.29. The summed E-state index contributed by atoms with van der Waals surface area (Å²) in [5.41, 5.74) is 0.791. The monoisotopic (exact) mass is 258 g/mol. The highest BCUT2D eigenvalue weighted by molar-refractivity contribution is 6.39. The van der Waals surface area contributed by atoms with Crippen molar-refractivity contribution in [3.63, 3.8) is 0 Å². The minimum atomic E-state index is -0.502. The van der Waals surface area contributed by atoms with E-state index in [4.69, 9.17) is 27.9 Å². The van der Waals surface area contributed by atoms with Crippen LogP contribution >= 0.6 is 23.2 Å². The Labute approximate surface area is 101 Å². The smallest absolute Gasteiger partial charge is 0.359 e. The Balaban J connectivity index is 2.60. The van der Waals surface area contributed by atoms with Gasteiger partial charge in [0.1, 0.15) is 0 Å². The highest BCUT2D eigenvalue weighted by Gasteiger charge is 2.18. The average Bonchev–Trinajstić information content (AvgIpc) is 2.61. The zero-order valence-electron chi connectivity index (χ0n) is 8.38.